The number of carboxylic acid groups (broad SMARTS) is 1. The first-order valence-electron chi connectivity index (χ1n) is 5.85. The van der Waals surface area contributed by atoms with Gasteiger partial charge in [0.15, 0.2) is 9.84 Å². The molecule has 0 heterocycles. The van der Waals surface area contributed by atoms with Gasteiger partial charge in [-0.05, 0) is 30.0 Å². The molecule has 0 saturated carbocycles. The predicted molar refractivity (Wildman–Crippen MR) is 69.3 cm³/mol. The van der Waals surface area contributed by atoms with Crippen molar-refractivity contribution in [1.82, 2.24) is 0 Å². The Labute approximate surface area is 108 Å². The number of sulfone groups is 1. The third kappa shape index (κ3) is 4.49. The molecule has 0 fully saturated rings. The lowest BCUT2D eigenvalue weighted by molar-refractivity contribution is -0.136. The average molecular weight is 270 g/mol. The Kier molecular flexibility index (Phi) is 4.90. The highest BCUT2D eigenvalue weighted by molar-refractivity contribution is 7.91. The summed E-state index contributed by atoms with van der Waals surface area (Å²) in [4.78, 5) is 10.6. The number of carboxylic acids is 1. The Morgan fingerprint density at radius 2 is 1.78 bits per heavy atom. The minimum atomic E-state index is -3.48. The van der Waals surface area contributed by atoms with Crippen molar-refractivity contribution in [2.24, 2.45) is 5.92 Å². The molecule has 4 nitrogen and oxygen atoms in total. The summed E-state index contributed by atoms with van der Waals surface area (Å²) in [6, 6.07) is 6.67. The highest BCUT2D eigenvalue weighted by Crippen LogP contribution is 2.15. The zero-order valence-corrected chi connectivity index (χ0v) is 11.4. The standard InChI is InChI=1S/C13H18O4S/c1-10(2)9-11-3-5-12(6-4-11)18(16,17)8-7-13(14)15/h3-6,10H,7-9H2,1-2H3,(H,14,15). The minimum absolute atomic E-state index is 0.191. The van der Waals surface area contributed by atoms with Crippen molar-refractivity contribution in [2.45, 2.75) is 31.6 Å². The van der Waals surface area contributed by atoms with Gasteiger partial charge in [0, 0.05) is 0 Å². The maximum absolute atomic E-state index is 11.8. The fourth-order valence-corrected chi connectivity index (χ4v) is 2.87. The van der Waals surface area contributed by atoms with Gasteiger partial charge >= 0.3 is 5.97 Å². The monoisotopic (exact) mass is 270 g/mol. The van der Waals surface area contributed by atoms with Gasteiger partial charge in [0.2, 0.25) is 0 Å². The summed E-state index contributed by atoms with van der Waals surface area (Å²) in [5, 5.41) is 8.50. The molecule has 1 aromatic rings. The first-order chi connectivity index (χ1) is 8.31. The molecule has 0 bridgehead atoms. The number of carbonyl (C=O) groups is 1. The number of benzene rings is 1. The van der Waals surface area contributed by atoms with Crippen LogP contribution in [0.1, 0.15) is 25.8 Å². The van der Waals surface area contributed by atoms with Crippen molar-refractivity contribution < 1.29 is 18.3 Å². The molecule has 0 atom stereocenters. The molecule has 0 aliphatic carbocycles. The van der Waals surface area contributed by atoms with Crippen LogP contribution in [0.25, 0.3) is 0 Å². The van der Waals surface area contributed by atoms with Crippen molar-refractivity contribution in [3.05, 3.63) is 29.8 Å². The van der Waals surface area contributed by atoms with Gasteiger partial charge in [-0.3, -0.25) is 4.79 Å². The predicted octanol–water partition coefficient (Wildman–Crippen LogP) is 2.13. The molecule has 1 aromatic carbocycles. The molecule has 5 heteroatoms. The Bertz CT molecular complexity index is 500. The number of hydrogen-bond donors (Lipinski definition) is 1. The molecule has 0 saturated heterocycles. The Balaban J connectivity index is 2.81. The summed E-state index contributed by atoms with van der Waals surface area (Å²) in [6.07, 6.45) is 0.533. The highest BCUT2D eigenvalue weighted by Gasteiger charge is 2.15. The van der Waals surface area contributed by atoms with Crippen LogP contribution in [0, 0.1) is 5.92 Å². The first-order valence-corrected chi connectivity index (χ1v) is 7.50. The van der Waals surface area contributed by atoms with Crippen LogP contribution in [0.15, 0.2) is 29.2 Å². The minimum Gasteiger partial charge on any atom is -0.481 e. The molecule has 1 N–H and O–H groups in total. The van der Waals surface area contributed by atoms with Crippen molar-refractivity contribution in [1.29, 1.82) is 0 Å². The molecular weight excluding hydrogens is 252 g/mol. The summed E-state index contributed by atoms with van der Waals surface area (Å²) >= 11 is 0. The Hall–Kier alpha value is -1.36. The Morgan fingerprint density at radius 1 is 1.22 bits per heavy atom. The van der Waals surface area contributed by atoms with E-state index in [1.165, 1.54) is 0 Å². The van der Waals surface area contributed by atoms with E-state index in [1.54, 1.807) is 24.3 Å². The zero-order chi connectivity index (χ0) is 13.8. The lowest BCUT2D eigenvalue weighted by Gasteiger charge is -2.07. The molecule has 0 aliphatic rings. The van der Waals surface area contributed by atoms with Gasteiger partial charge in [0.1, 0.15) is 0 Å². The molecule has 0 aliphatic heterocycles. The van der Waals surface area contributed by atoms with E-state index in [4.69, 9.17) is 5.11 Å². The summed E-state index contributed by atoms with van der Waals surface area (Å²) in [5.41, 5.74) is 1.09. The largest absolute Gasteiger partial charge is 0.481 e. The maximum Gasteiger partial charge on any atom is 0.304 e. The second-order valence-corrected chi connectivity index (χ2v) is 6.81. The molecule has 0 aromatic heterocycles. The topological polar surface area (TPSA) is 71.4 Å². The van der Waals surface area contributed by atoms with Gasteiger partial charge in [-0.25, -0.2) is 8.42 Å². The van der Waals surface area contributed by atoms with E-state index in [1.807, 2.05) is 0 Å². The van der Waals surface area contributed by atoms with Gasteiger partial charge in [-0.1, -0.05) is 26.0 Å². The van der Waals surface area contributed by atoms with Crippen LogP contribution in [0.3, 0.4) is 0 Å². The van der Waals surface area contributed by atoms with Crippen molar-refractivity contribution in [3.8, 4) is 0 Å². The van der Waals surface area contributed by atoms with Gasteiger partial charge in [0.05, 0.1) is 17.1 Å². The number of aliphatic carboxylic acids is 1. The third-order valence-corrected chi connectivity index (χ3v) is 4.24. The number of rotatable bonds is 6. The molecule has 0 radical (unpaired) electrons. The lowest BCUT2D eigenvalue weighted by Crippen LogP contribution is -2.11. The third-order valence-electron chi connectivity index (χ3n) is 2.51. The molecule has 0 amide bonds. The Morgan fingerprint density at radius 3 is 2.22 bits per heavy atom. The first kappa shape index (κ1) is 14.7. The van der Waals surface area contributed by atoms with Gasteiger partial charge in [-0.15, -0.1) is 0 Å². The summed E-state index contributed by atoms with van der Waals surface area (Å²) in [7, 11) is -3.48. The zero-order valence-electron chi connectivity index (χ0n) is 10.6. The second kappa shape index (κ2) is 6.00. The van der Waals surface area contributed by atoms with E-state index in [0.29, 0.717) is 5.92 Å². The normalized spacial score (nSPS) is 11.7. The quantitative estimate of drug-likeness (QED) is 0.859. The van der Waals surface area contributed by atoms with Crippen LogP contribution >= 0.6 is 0 Å². The van der Waals surface area contributed by atoms with Crippen LogP contribution in [-0.2, 0) is 21.1 Å². The van der Waals surface area contributed by atoms with Crippen LogP contribution in [0.4, 0.5) is 0 Å². The van der Waals surface area contributed by atoms with Crippen LogP contribution < -0.4 is 0 Å². The lowest BCUT2D eigenvalue weighted by atomic mass is 10.0. The van der Waals surface area contributed by atoms with E-state index >= 15 is 0 Å². The molecule has 100 valence electrons. The van der Waals surface area contributed by atoms with Gasteiger partial charge in [0.25, 0.3) is 0 Å². The van der Waals surface area contributed by atoms with Gasteiger partial charge in [-0.2, -0.15) is 0 Å². The van der Waals surface area contributed by atoms with Crippen molar-refractivity contribution in [2.75, 3.05) is 5.75 Å². The van der Waals surface area contributed by atoms with E-state index < -0.39 is 15.8 Å². The van der Waals surface area contributed by atoms with Crippen molar-refractivity contribution >= 4 is 15.8 Å². The molecule has 0 spiro atoms. The highest BCUT2D eigenvalue weighted by atomic mass is 32.2. The number of hydrogen-bond acceptors (Lipinski definition) is 3. The molecule has 18 heavy (non-hydrogen) atoms. The van der Waals surface area contributed by atoms with E-state index in [2.05, 4.69) is 13.8 Å². The summed E-state index contributed by atoms with van der Waals surface area (Å²) in [6.45, 7) is 4.19. The van der Waals surface area contributed by atoms with Crippen LogP contribution in [-0.4, -0.2) is 25.2 Å². The summed E-state index contributed by atoms with van der Waals surface area (Å²) in [5.74, 6) is -0.944. The smallest absolute Gasteiger partial charge is 0.304 e. The maximum atomic E-state index is 11.8. The SMILES string of the molecule is CC(C)Cc1ccc(S(=O)(=O)CCC(=O)O)cc1. The van der Waals surface area contributed by atoms with Crippen LogP contribution in [0.2, 0.25) is 0 Å². The van der Waals surface area contributed by atoms with Gasteiger partial charge < -0.3 is 5.11 Å². The van der Waals surface area contributed by atoms with E-state index in [9.17, 15) is 13.2 Å². The van der Waals surface area contributed by atoms with Crippen molar-refractivity contribution in [3.63, 3.8) is 0 Å². The fourth-order valence-electron chi connectivity index (χ4n) is 1.64. The van der Waals surface area contributed by atoms with E-state index in [0.717, 1.165) is 12.0 Å². The van der Waals surface area contributed by atoms with Crippen LogP contribution in [0.5, 0.6) is 0 Å². The molecule has 1 rings (SSSR count). The second-order valence-electron chi connectivity index (χ2n) is 4.70. The fraction of sp³-hybridized carbons (Fsp3) is 0.462. The molecular formula is C13H18O4S. The summed E-state index contributed by atoms with van der Waals surface area (Å²) < 4.78 is 23.6. The molecule has 0 unspecified atom stereocenters. The van der Waals surface area contributed by atoms with E-state index in [-0.39, 0.29) is 17.1 Å². The average Bonchev–Trinajstić information content (AvgIpc) is 2.26.